The summed E-state index contributed by atoms with van der Waals surface area (Å²) in [7, 11) is 1.62. The summed E-state index contributed by atoms with van der Waals surface area (Å²) < 4.78 is 5.16. The Bertz CT molecular complexity index is 698. The van der Waals surface area contributed by atoms with Crippen LogP contribution in [0.25, 0.3) is 0 Å². The first-order valence-electron chi connectivity index (χ1n) is 7.37. The summed E-state index contributed by atoms with van der Waals surface area (Å²) in [5.74, 6) is 0.264. The van der Waals surface area contributed by atoms with Gasteiger partial charge in [-0.3, -0.25) is 9.59 Å². The van der Waals surface area contributed by atoms with E-state index in [1.54, 1.807) is 25.3 Å². The van der Waals surface area contributed by atoms with Gasteiger partial charge in [-0.1, -0.05) is 24.3 Å². The van der Waals surface area contributed by atoms with Crippen LogP contribution in [-0.2, 0) is 17.8 Å². The first-order valence-corrected chi connectivity index (χ1v) is 7.37. The molecule has 2 amide bonds. The molecule has 0 saturated heterocycles. The summed E-state index contributed by atoms with van der Waals surface area (Å²) in [6.45, 7) is 0.373. The Morgan fingerprint density at radius 2 is 1.83 bits per heavy atom. The number of aryl methyl sites for hydroxylation is 1. The van der Waals surface area contributed by atoms with Crippen molar-refractivity contribution in [1.29, 1.82) is 0 Å². The average Bonchev–Trinajstić information content (AvgIpc) is 2.58. The molecular weight excluding hydrogens is 292 g/mol. The largest absolute Gasteiger partial charge is 0.497 e. The van der Waals surface area contributed by atoms with Gasteiger partial charge in [-0.05, 0) is 41.8 Å². The number of hydrogen-bond donors (Lipinski definition) is 2. The first kappa shape index (κ1) is 16.5. The van der Waals surface area contributed by atoms with Gasteiger partial charge in [0.1, 0.15) is 5.75 Å². The van der Waals surface area contributed by atoms with Crippen LogP contribution in [0.2, 0.25) is 0 Å². The minimum absolute atomic E-state index is 0.0442. The number of benzene rings is 2. The molecule has 0 radical (unpaired) electrons. The van der Waals surface area contributed by atoms with Crippen LogP contribution in [0.5, 0.6) is 5.75 Å². The van der Waals surface area contributed by atoms with Crippen LogP contribution in [-0.4, -0.2) is 18.9 Å². The lowest BCUT2D eigenvalue weighted by molar-refractivity contribution is -0.121. The van der Waals surface area contributed by atoms with Crippen LogP contribution in [0.4, 0.5) is 0 Å². The monoisotopic (exact) mass is 312 g/mol. The van der Waals surface area contributed by atoms with Gasteiger partial charge in [-0.2, -0.15) is 0 Å². The maximum atomic E-state index is 11.9. The van der Waals surface area contributed by atoms with Crippen LogP contribution in [0.3, 0.4) is 0 Å². The van der Waals surface area contributed by atoms with Gasteiger partial charge in [0.25, 0.3) is 0 Å². The van der Waals surface area contributed by atoms with E-state index in [0.717, 1.165) is 16.9 Å². The van der Waals surface area contributed by atoms with Gasteiger partial charge in [0, 0.05) is 18.5 Å². The van der Waals surface area contributed by atoms with Crippen molar-refractivity contribution >= 4 is 11.8 Å². The third-order valence-corrected chi connectivity index (χ3v) is 3.48. The Balaban J connectivity index is 1.83. The molecule has 0 atom stereocenters. The molecule has 0 spiro atoms. The van der Waals surface area contributed by atoms with E-state index in [9.17, 15) is 9.59 Å². The number of rotatable bonds is 7. The molecule has 0 bridgehead atoms. The topological polar surface area (TPSA) is 81.4 Å². The summed E-state index contributed by atoms with van der Waals surface area (Å²) in [4.78, 5) is 23.1. The molecule has 2 aromatic rings. The predicted molar refractivity (Wildman–Crippen MR) is 88.1 cm³/mol. The smallest absolute Gasteiger partial charge is 0.248 e. The van der Waals surface area contributed by atoms with Crippen molar-refractivity contribution in [3.05, 3.63) is 65.2 Å². The minimum atomic E-state index is -0.476. The zero-order valence-electron chi connectivity index (χ0n) is 13.0. The lowest BCUT2D eigenvalue weighted by atomic mass is 10.1. The standard InChI is InChI=1S/C18H20N2O3/c1-23-16-7-3-4-13(11-16)8-9-17(21)20-12-14-5-2-6-15(10-14)18(19)22/h2-7,10-11H,8-9,12H2,1H3,(H2,19,22)(H,20,21). The van der Waals surface area contributed by atoms with Crippen molar-refractivity contribution < 1.29 is 14.3 Å². The second-order valence-corrected chi connectivity index (χ2v) is 5.19. The third-order valence-electron chi connectivity index (χ3n) is 3.48. The molecule has 0 aliphatic rings. The van der Waals surface area contributed by atoms with E-state index in [4.69, 9.17) is 10.5 Å². The normalized spacial score (nSPS) is 10.1. The SMILES string of the molecule is COc1cccc(CCC(=O)NCc2cccc(C(N)=O)c2)c1. The van der Waals surface area contributed by atoms with Gasteiger partial charge in [0.2, 0.25) is 11.8 Å². The highest BCUT2D eigenvalue weighted by Gasteiger charge is 2.05. The molecule has 2 rings (SSSR count). The number of nitrogens with one attached hydrogen (secondary N) is 1. The first-order chi connectivity index (χ1) is 11.1. The van der Waals surface area contributed by atoms with E-state index < -0.39 is 5.91 Å². The Labute approximate surface area is 135 Å². The highest BCUT2D eigenvalue weighted by atomic mass is 16.5. The molecule has 0 aromatic heterocycles. The molecule has 23 heavy (non-hydrogen) atoms. The maximum absolute atomic E-state index is 11.9. The van der Waals surface area contributed by atoms with Crippen LogP contribution in [0.15, 0.2) is 48.5 Å². The van der Waals surface area contributed by atoms with Crippen molar-refractivity contribution in [2.24, 2.45) is 5.73 Å². The van der Waals surface area contributed by atoms with Crippen molar-refractivity contribution in [3.63, 3.8) is 0 Å². The number of ether oxygens (including phenoxy) is 1. The van der Waals surface area contributed by atoms with Crippen molar-refractivity contribution in [3.8, 4) is 5.75 Å². The highest BCUT2D eigenvalue weighted by Crippen LogP contribution is 2.14. The quantitative estimate of drug-likeness (QED) is 0.821. The van der Waals surface area contributed by atoms with Gasteiger partial charge in [-0.15, -0.1) is 0 Å². The maximum Gasteiger partial charge on any atom is 0.248 e. The van der Waals surface area contributed by atoms with E-state index >= 15 is 0 Å². The number of nitrogens with two attached hydrogens (primary N) is 1. The zero-order valence-corrected chi connectivity index (χ0v) is 13.0. The molecular formula is C18H20N2O3. The van der Waals surface area contributed by atoms with Crippen LogP contribution < -0.4 is 15.8 Å². The fraction of sp³-hybridized carbons (Fsp3) is 0.222. The molecule has 0 aliphatic heterocycles. The van der Waals surface area contributed by atoms with Gasteiger partial charge in [0.05, 0.1) is 7.11 Å². The van der Waals surface area contributed by atoms with Crippen LogP contribution in [0.1, 0.15) is 27.9 Å². The summed E-state index contributed by atoms with van der Waals surface area (Å²) in [6, 6.07) is 14.6. The molecule has 0 fully saturated rings. The fourth-order valence-corrected chi connectivity index (χ4v) is 2.21. The summed E-state index contributed by atoms with van der Waals surface area (Å²) in [6.07, 6.45) is 1.03. The number of primary amides is 1. The Morgan fingerprint density at radius 3 is 2.57 bits per heavy atom. The Morgan fingerprint density at radius 1 is 1.09 bits per heavy atom. The second-order valence-electron chi connectivity index (χ2n) is 5.19. The molecule has 5 heteroatoms. The van der Waals surface area contributed by atoms with E-state index in [2.05, 4.69) is 5.32 Å². The van der Waals surface area contributed by atoms with Gasteiger partial charge in [0.15, 0.2) is 0 Å². The molecule has 2 aromatic carbocycles. The van der Waals surface area contributed by atoms with Crippen molar-refractivity contribution in [1.82, 2.24) is 5.32 Å². The number of hydrogen-bond acceptors (Lipinski definition) is 3. The molecule has 0 aliphatic carbocycles. The minimum Gasteiger partial charge on any atom is -0.497 e. The van der Waals surface area contributed by atoms with E-state index in [1.165, 1.54) is 0 Å². The van der Waals surface area contributed by atoms with Gasteiger partial charge >= 0.3 is 0 Å². The van der Waals surface area contributed by atoms with E-state index in [-0.39, 0.29) is 5.91 Å². The second kappa shape index (κ2) is 7.98. The lowest BCUT2D eigenvalue weighted by Gasteiger charge is -2.07. The molecule has 120 valence electrons. The molecule has 3 N–H and O–H groups in total. The summed E-state index contributed by atoms with van der Waals surface area (Å²) in [5, 5.41) is 2.84. The van der Waals surface area contributed by atoms with E-state index in [1.807, 2.05) is 30.3 Å². The Kier molecular flexibility index (Phi) is 5.74. The fourth-order valence-electron chi connectivity index (χ4n) is 2.21. The highest BCUT2D eigenvalue weighted by molar-refractivity contribution is 5.92. The molecule has 0 saturated carbocycles. The van der Waals surface area contributed by atoms with E-state index in [0.29, 0.717) is 24.9 Å². The lowest BCUT2D eigenvalue weighted by Crippen LogP contribution is -2.23. The van der Waals surface area contributed by atoms with Crippen molar-refractivity contribution in [2.75, 3.05) is 7.11 Å². The van der Waals surface area contributed by atoms with Crippen LogP contribution in [0, 0.1) is 0 Å². The number of amides is 2. The predicted octanol–water partition coefficient (Wildman–Crippen LogP) is 2.04. The molecule has 0 unspecified atom stereocenters. The zero-order chi connectivity index (χ0) is 16.7. The third kappa shape index (κ3) is 5.14. The number of carbonyl (C=O) groups is 2. The average molecular weight is 312 g/mol. The van der Waals surface area contributed by atoms with Crippen LogP contribution >= 0.6 is 0 Å². The van der Waals surface area contributed by atoms with Crippen molar-refractivity contribution in [2.45, 2.75) is 19.4 Å². The summed E-state index contributed by atoms with van der Waals surface area (Å²) >= 11 is 0. The molecule has 5 nitrogen and oxygen atoms in total. The van der Waals surface area contributed by atoms with Gasteiger partial charge in [-0.25, -0.2) is 0 Å². The number of carbonyl (C=O) groups excluding carboxylic acids is 2. The van der Waals surface area contributed by atoms with Gasteiger partial charge < -0.3 is 15.8 Å². The number of methoxy groups -OCH3 is 1. The molecule has 0 heterocycles. The Hall–Kier alpha value is -2.82. The summed E-state index contributed by atoms with van der Waals surface area (Å²) in [5.41, 5.74) is 7.57.